The van der Waals surface area contributed by atoms with Gasteiger partial charge in [-0.3, -0.25) is 9.59 Å². The van der Waals surface area contributed by atoms with Crippen molar-refractivity contribution in [2.24, 2.45) is 5.92 Å². The number of rotatable bonds is 6. The van der Waals surface area contributed by atoms with E-state index in [1.54, 1.807) is 19.2 Å². The summed E-state index contributed by atoms with van der Waals surface area (Å²) in [7, 11) is 1.55. The van der Waals surface area contributed by atoms with Crippen LogP contribution in [0.15, 0.2) is 24.3 Å². The van der Waals surface area contributed by atoms with Crippen LogP contribution in [0.4, 0.5) is 5.69 Å². The Balaban J connectivity index is 1.75. The van der Waals surface area contributed by atoms with E-state index in [-0.39, 0.29) is 11.8 Å². The number of carbonyl (C=O) groups is 2. The zero-order chi connectivity index (χ0) is 14.5. The number of hydrogen-bond acceptors (Lipinski definition) is 4. The van der Waals surface area contributed by atoms with Gasteiger partial charge in [0.1, 0.15) is 5.75 Å². The molecule has 0 unspecified atom stereocenters. The molecule has 6 heteroatoms. The molecule has 0 aliphatic carbocycles. The Labute approximate surface area is 117 Å². The fourth-order valence-corrected chi connectivity index (χ4v) is 2.13. The maximum atomic E-state index is 11.8. The molecule has 1 fully saturated rings. The van der Waals surface area contributed by atoms with Crippen molar-refractivity contribution in [3.8, 4) is 5.75 Å². The number of amides is 1. The first-order valence-corrected chi connectivity index (χ1v) is 6.48. The minimum Gasteiger partial charge on any atom is -0.495 e. The van der Waals surface area contributed by atoms with Crippen molar-refractivity contribution in [3.05, 3.63) is 24.3 Å². The van der Waals surface area contributed by atoms with Gasteiger partial charge in [-0.1, -0.05) is 12.1 Å². The summed E-state index contributed by atoms with van der Waals surface area (Å²) in [4.78, 5) is 24.4. The third-order valence-corrected chi connectivity index (χ3v) is 3.34. The molecule has 1 heterocycles. The predicted octanol–water partition coefficient (Wildman–Crippen LogP) is 1.04. The van der Waals surface area contributed by atoms with Gasteiger partial charge in [-0.25, -0.2) is 0 Å². The summed E-state index contributed by atoms with van der Waals surface area (Å²) in [6.45, 7) is 1.62. The van der Waals surface area contributed by atoms with E-state index in [1.807, 2.05) is 17.0 Å². The SMILES string of the molecule is COc1ccccc1NC(=O)CCN1CC(C(=O)O)C1. The Kier molecular flexibility index (Phi) is 4.57. The van der Waals surface area contributed by atoms with Gasteiger partial charge in [-0.05, 0) is 12.1 Å². The van der Waals surface area contributed by atoms with Gasteiger partial charge in [-0.15, -0.1) is 0 Å². The van der Waals surface area contributed by atoms with Crippen molar-refractivity contribution in [2.45, 2.75) is 6.42 Å². The average molecular weight is 278 g/mol. The molecule has 0 spiro atoms. The van der Waals surface area contributed by atoms with Gasteiger partial charge in [0.05, 0.1) is 18.7 Å². The number of nitrogens with zero attached hydrogens (tertiary/aromatic N) is 1. The number of nitrogens with one attached hydrogen (secondary N) is 1. The van der Waals surface area contributed by atoms with Crippen LogP contribution in [-0.4, -0.2) is 48.6 Å². The summed E-state index contributed by atoms with van der Waals surface area (Å²) >= 11 is 0. The topological polar surface area (TPSA) is 78.9 Å². The Morgan fingerprint density at radius 2 is 2.10 bits per heavy atom. The van der Waals surface area contributed by atoms with Gasteiger partial charge in [0.2, 0.25) is 5.91 Å². The quantitative estimate of drug-likeness (QED) is 0.813. The lowest BCUT2D eigenvalue weighted by atomic mass is 10.0. The van der Waals surface area contributed by atoms with Gasteiger partial charge in [-0.2, -0.15) is 0 Å². The van der Waals surface area contributed by atoms with E-state index in [0.717, 1.165) is 0 Å². The number of para-hydroxylation sites is 2. The summed E-state index contributed by atoms with van der Waals surface area (Å²) in [6.07, 6.45) is 0.338. The zero-order valence-electron chi connectivity index (χ0n) is 11.3. The number of carbonyl (C=O) groups excluding carboxylic acids is 1. The second-order valence-corrected chi connectivity index (χ2v) is 4.79. The first-order chi connectivity index (χ1) is 9.60. The summed E-state index contributed by atoms with van der Waals surface area (Å²) in [5.41, 5.74) is 0.645. The number of benzene rings is 1. The molecule has 0 bridgehead atoms. The highest BCUT2D eigenvalue weighted by Gasteiger charge is 2.32. The van der Waals surface area contributed by atoms with Crippen LogP contribution in [0.2, 0.25) is 0 Å². The van der Waals surface area contributed by atoms with Crippen molar-refractivity contribution >= 4 is 17.6 Å². The number of carboxylic acid groups (broad SMARTS) is 1. The minimum atomic E-state index is -0.764. The van der Waals surface area contributed by atoms with E-state index in [1.165, 1.54) is 0 Å². The highest BCUT2D eigenvalue weighted by Crippen LogP contribution is 2.23. The molecule has 0 saturated carbocycles. The van der Waals surface area contributed by atoms with Crippen LogP contribution in [0, 0.1) is 5.92 Å². The summed E-state index contributed by atoms with van der Waals surface area (Å²) in [5.74, 6) is -0.531. The Morgan fingerprint density at radius 1 is 1.40 bits per heavy atom. The number of carboxylic acids is 1. The van der Waals surface area contributed by atoms with E-state index in [4.69, 9.17) is 9.84 Å². The van der Waals surface area contributed by atoms with Gasteiger partial charge in [0.15, 0.2) is 0 Å². The smallest absolute Gasteiger partial charge is 0.309 e. The molecule has 1 saturated heterocycles. The molecule has 20 heavy (non-hydrogen) atoms. The molecule has 1 aliphatic heterocycles. The van der Waals surface area contributed by atoms with Gasteiger partial charge >= 0.3 is 5.97 Å². The van der Waals surface area contributed by atoms with Crippen LogP contribution in [0.1, 0.15) is 6.42 Å². The highest BCUT2D eigenvalue weighted by atomic mass is 16.5. The zero-order valence-corrected chi connectivity index (χ0v) is 11.3. The number of likely N-dealkylation sites (tertiary alicyclic amines) is 1. The first kappa shape index (κ1) is 14.3. The van der Waals surface area contributed by atoms with Crippen molar-refractivity contribution in [2.75, 3.05) is 32.1 Å². The van der Waals surface area contributed by atoms with Crippen LogP contribution in [0.3, 0.4) is 0 Å². The third kappa shape index (κ3) is 3.48. The summed E-state index contributed by atoms with van der Waals surface area (Å²) in [5, 5.41) is 11.6. The maximum absolute atomic E-state index is 11.8. The van der Waals surface area contributed by atoms with Crippen molar-refractivity contribution < 1.29 is 19.4 Å². The number of ether oxygens (including phenoxy) is 1. The van der Waals surface area contributed by atoms with Crippen LogP contribution >= 0.6 is 0 Å². The number of aliphatic carboxylic acids is 1. The lowest BCUT2D eigenvalue weighted by Crippen LogP contribution is -2.50. The Morgan fingerprint density at radius 3 is 2.75 bits per heavy atom. The van der Waals surface area contributed by atoms with E-state index >= 15 is 0 Å². The molecule has 2 N–H and O–H groups in total. The average Bonchev–Trinajstić information content (AvgIpc) is 2.37. The second kappa shape index (κ2) is 6.38. The van der Waals surface area contributed by atoms with Crippen LogP contribution in [-0.2, 0) is 9.59 Å². The lowest BCUT2D eigenvalue weighted by molar-refractivity contribution is -0.147. The summed E-state index contributed by atoms with van der Waals surface area (Å²) < 4.78 is 5.15. The first-order valence-electron chi connectivity index (χ1n) is 6.48. The fourth-order valence-electron chi connectivity index (χ4n) is 2.13. The molecule has 0 atom stereocenters. The molecule has 1 aliphatic rings. The van der Waals surface area contributed by atoms with Crippen LogP contribution in [0.5, 0.6) is 5.75 Å². The van der Waals surface area contributed by atoms with Gasteiger partial charge in [0, 0.05) is 26.1 Å². The molecule has 1 amide bonds. The largest absolute Gasteiger partial charge is 0.495 e. The normalized spacial score (nSPS) is 15.4. The number of anilines is 1. The minimum absolute atomic E-state index is 0.103. The molecule has 1 aromatic rings. The fraction of sp³-hybridized carbons (Fsp3) is 0.429. The van der Waals surface area contributed by atoms with E-state index in [2.05, 4.69) is 5.32 Å². The number of hydrogen-bond donors (Lipinski definition) is 2. The van der Waals surface area contributed by atoms with Crippen molar-refractivity contribution in [1.29, 1.82) is 0 Å². The summed E-state index contributed by atoms with van der Waals surface area (Å²) in [6, 6.07) is 7.22. The molecule has 2 rings (SSSR count). The van der Waals surface area contributed by atoms with Gasteiger partial charge in [0.25, 0.3) is 0 Å². The van der Waals surface area contributed by atoms with Crippen LogP contribution in [0.25, 0.3) is 0 Å². The highest BCUT2D eigenvalue weighted by molar-refractivity contribution is 5.92. The van der Waals surface area contributed by atoms with E-state index in [9.17, 15) is 9.59 Å². The molecule has 6 nitrogen and oxygen atoms in total. The lowest BCUT2D eigenvalue weighted by Gasteiger charge is -2.36. The molecular weight excluding hydrogens is 260 g/mol. The molecular formula is C14H18N2O4. The van der Waals surface area contributed by atoms with Crippen molar-refractivity contribution in [1.82, 2.24) is 4.90 Å². The third-order valence-electron chi connectivity index (χ3n) is 3.34. The number of methoxy groups -OCH3 is 1. The molecule has 0 radical (unpaired) electrons. The monoisotopic (exact) mass is 278 g/mol. The molecule has 0 aromatic heterocycles. The van der Waals surface area contributed by atoms with Gasteiger partial charge < -0.3 is 20.1 Å². The van der Waals surface area contributed by atoms with Crippen LogP contribution < -0.4 is 10.1 Å². The Hall–Kier alpha value is -2.08. The maximum Gasteiger partial charge on any atom is 0.309 e. The molecule has 108 valence electrons. The second-order valence-electron chi connectivity index (χ2n) is 4.79. The molecule has 1 aromatic carbocycles. The van der Waals surface area contributed by atoms with E-state index < -0.39 is 5.97 Å². The van der Waals surface area contributed by atoms with E-state index in [0.29, 0.717) is 37.5 Å². The Bertz CT molecular complexity index is 498. The predicted molar refractivity (Wildman–Crippen MR) is 73.8 cm³/mol. The van der Waals surface area contributed by atoms with Crippen molar-refractivity contribution in [3.63, 3.8) is 0 Å². The standard InChI is InChI=1S/C14H18N2O4/c1-20-12-5-3-2-4-11(12)15-13(17)6-7-16-8-10(9-16)14(18)19/h2-5,10H,6-9H2,1H3,(H,15,17)(H,18,19).